The average molecular weight is 273 g/mol. The Bertz CT molecular complexity index is 540. The predicted octanol–water partition coefficient (Wildman–Crippen LogP) is 2.96. The monoisotopic (exact) mass is 273 g/mol. The van der Waals surface area contributed by atoms with Crippen molar-refractivity contribution in [1.82, 2.24) is 4.98 Å². The normalized spacial score (nSPS) is 11.9. The van der Waals surface area contributed by atoms with Crippen LogP contribution in [0.25, 0.3) is 0 Å². The molecule has 1 atom stereocenters. The first-order valence-corrected chi connectivity index (χ1v) is 6.64. The molecule has 1 heterocycles. The molecule has 2 rings (SSSR count). The van der Waals surface area contributed by atoms with Gasteiger partial charge in [-0.3, -0.25) is 4.98 Å². The number of methoxy groups -OCH3 is 1. The van der Waals surface area contributed by atoms with Crippen molar-refractivity contribution >= 4 is 0 Å². The fraction of sp³-hybridized carbons (Fsp3) is 0.312. The van der Waals surface area contributed by atoms with Gasteiger partial charge in [-0.1, -0.05) is 19.1 Å². The van der Waals surface area contributed by atoms with E-state index >= 15 is 0 Å². The number of benzene rings is 1. The van der Waals surface area contributed by atoms with Crippen molar-refractivity contribution in [1.29, 1.82) is 0 Å². The molecule has 0 fully saturated rings. The Labute approximate surface area is 119 Å². The van der Waals surface area contributed by atoms with Crippen LogP contribution in [-0.4, -0.2) is 23.8 Å². The van der Waals surface area contributed by atoms with Gasteiger partial charge in [-0.05, 0) is 30.2 Å². The van der Waals surface area contributed by atoms with Gasteiger partial charge in [0.2, 0.25) is 0 Å². The van der Waals surface area contributed by atoms with Crippen molar-refractivity contribution in [2.24, 2.45) is 0 Å². The van der Waals surface area contributed by atoms with Crippen molar-refractivity contribution in [3.05, 3.63) is 53.9 Å². The van der Waals surface area contributed by atoms with Crippen LogP contribution in [-0.2, 0) is 0 Å². The van der Waals surface area contributed by atoms with Gasteiger partial charge in [-0.25, -0.2) is 0 Å². The van der Waals surface area contributed by atoms with Crippen LogP contribution < -0.4 is 9.47 Å². The minimum absolute atomic E-state index is 0.643. The van der Waals surface area contributed by atoms with Crippen LogP contribution in [0.2, 0.25) is 0 Å². The number of nitrogens with zero attached hydrogens (tertiary/aromatic N) is 1. The second kappa shape index (κ2) is 6.91. The molecule has 0 bridgehead atoms. The first-order valence-electron chi connectivity index (χ1n) is 6.64. The van der Waals surface area contributed by atoms with E-state index in [9.17, 15) is 5.11 Å². The molecule has 4 nitrogen and oxygen atoms in total. The molecule has 0 aliphatic heterocycles. The molecule has 1 N–H and O–H groups in total. The number of aliphatic hydroxyl groups excluding tert-OH is 1. The third kappa shape index (κ3) is 3.48. The maximum Gasteiger partial charge on any atom is 0.137 e. The lowest BCUT2D eigenvalue weighted by Crippen LogP contribution is -2.02. The van der Waals surface area contributed by atoms with E-state index in [1.165, 1.54) is 0 Å². The molecule has 20 heavy (non-hydrogen) atoms. The van der Waals surface area contributed by atoms with E-state index < -0.39 is 6.10 Å². The topological polar surface area (TPSA) is 51.6 Å². The van der Waals surface area contributed by atoms with Gasteiger partial charge in [0.25, 0.3) is 0 Å². The van der Waals surface area contributed by atoms with Crippen LogP contribution in [0.5, 0.6) is 11.5 Å². The predicted molar refractivity (Wildman–Crippen MR) is 77.1 cm³/mol. The summed E-state index contributed by atoms with van der Waals surface area (Å²) in [7, 11) is 1.61. The summed E-state index contributed by atoms with van der Waals surface area (Å²) in [5, 5.41) is 10.4. The molecule has 0 radical (unpaired) electrons. The molecule has 1 unspecified atom stereocenters. The zero-order valence-electron chi connectivity index (χ0n) is 11.7. The Hall–Kier alpha value is -2.07. The highest BCUT2D eigenvalue weighted by atomic mass is 16.5. The number of hydrogen-bond acceptors (Lipinski definition) is 4. The molecule has 0 aliphatic rings. The number of pyridine rings is 1. The average Bonchev–Trinajstić information content (AvgIpc) is 2.52. The zero-order valence-corrected chi connectivity index (χ0v) is 11.7. The van der Waals surface area contributed by atoms with Gasteiger partial charge in [0.05, 0.1) is 19.9 Å². The molecule has 0 saturated heterocycles. The van der Waals surface area contributed by atoms with E-state index in [4.69, 9.17) is 9.47 Å². The van der Waals surface area contributed by atoms with Crippen LogP contribution >= 0.6 is 0 Å². The molecule has 0 spiro atoms. The lowest BCUT2D eigenvalue weighted by atomic mass is 10.0. The molecule has 0 saturated carbocycles. The molecule has 0 amide bonds. The van der Waals surface area contributed by atoms with Gasteiger partial charge >= 0.3 is 0 Å². The SMILES string of the molecule is CCCOc1cncc(C(O)c2ccc(OC)cc2)c1. The quantitative estimate of drug-likeness (QED) is 0.879. The van der Waals surface area contributed by atoms with Crippen molar-refractivity contribution in [2.45, 2.75) is 19.4 Å². The fourth-order valence-corrected chi connectivity index (χ4v) is 1.86. The van der Waals surface area contributed by atoms with E-state index in [1.807, 2.05) is 37.3 Å². The Morgan fingerprint density at radius 1 is 1.10 bits per heavy atom. The van der Waals surface area contributed by atoms with Crippen LogP contribution in [0.4, 0.5) is 0 Å². The zero-order chi connectivity index (χ0) is 14.4. The van der Waals surface area contributed by atoms with Crippen molar-refractivity contribution in [3.8, 4) is 11.5 Å². The summed E-state index contributed by atoms with van der Waals surface area (Å²) in [5.41, 5.74) is 1.50. The Balaban J connectivity index is 2.16. The van der Waals surface area contributed by atoms with Gasteiger partial charge in [0.1, 0.15) is 17.6 Å². The lowest BCUT2D eigenvalue weighted by Gasteiger charge is -2.13. The Morgan fingerprint density at radius 2 is 1.85 bits per heavy atom. The van der Waals surface area contributed by atoms with Gasteiger partial charge in [-0.2, -0.15) is 0 Å². The minimum Gasteiger partial charge on any atom is -0.497 e. The number of rotatable bonds is 6. The summed E-state index contributed by atoms with van der Waals surface area (Å²) < 4.78 is 10.6. The van der Waals surface area contributed by atoms with E-state index in [0.29, 0.717) is 17.9 Å². The number of aliphatic hydroxyl groups is 1. The second-order valence-electron chi connectivity index (χ2n) is 4.48. The van der Waals surface area contributed by atoms with Gasteiger partial charge < -0.3 is 14.6 Å². The van der Waals surface area contributed by atoms with Crippen LogP contribution in [0.3, 0.4) is 0 Å². The van der Waals surface area contributed by atoms with Gasteiger partial charge in [0, 0.05) is 11.8 Å². The standard InChI is InChI=1S/C16H19NO3/c1-3-8-20-15-9-13(10-17-11-15)16(18)12-4-6-14(19-2)7-5-12/h4-7,9-11,16,18H,3,8H2,1-2H3. The highest BCUT2D eigenvalue weighted by Gasteiger charge is 2.12. The third-order valence-electron chi connectivity index (χ3n) is 2.95. The van der Waals surface area contributed by atoms with Gasteiger partial charge in [-0.15, -0.1) is 0 Å². The van der Waals surface area contributed by atoms with Crippen LogP contribution in [0.15, 0.2) is 42.7 Å². The van der Waals surface area contributed by atoms with E-state index in [0.717, 1.165) is 17.7 Å². The summed E-state index contributed by atoms with van der Waals surface area (Å²) in [6.07, 6.45) is 3.51. The molecular weight excluding hydrogens is 254 g/mol. The molecular formula is C16H19NO3. The molecule has 106 valence electrons. The van der Waals surface area contributed by atoms with Crippen LogP contribution in [0.1, 0.15) is 30.6 Å². The fourth-order valence-electron chi connectivity index (χ4n) is 1.86. The summed E-state index contributed by atoms with van der Waals surface area (Å²) >= 11 is 0. The number of hydrogen-bond donors (Lipinski definition) is 1. The molecule has 0 aliphatic carbocycles. The first kappa shape index (κ1) is 14.3. The summed E-state index contributed by atoms with van der Waals surface area (Å²) in [6.45, 7) is 2.69. The van der Waals surface area contributed by atoms with Crippen molar-refractivity contribution in [2.75, 3.05) is 13.7 Å². The highest BCUT2D eigenvalue weighted by molar-refractivity contribution is 5.35. The largest absolute Gasteiger partial charge is 0.497 e. The summed E-state index contributed by atoms with van der Waals surface area (Å²) in [6, 6.07) is 9.14. The second-order valence-corrected chi connectivity index (χ2v) is 4.48. The van der Waals surface area contributed by atoms with E-state index in [-0.39, 0.29) is 0 Å². The highest BCUT2D eigenvalue weighted by Crippen LogP contribution is 2.25. The molecule has 4 heteroatoms. The maximum atomic E-state index is 10.4. The van der Waals surface area contributed by atoms with Crippen LogP contribution in [0, 0.1) is 0 Å². The minimum atomic E-state index is -0.724. The smallest absolute Gasteiger partial charge is 0.137 e. The van der Waals surface area contributed by atoms with E-state index in [2.05, 4.69) is 4.98 Å². The lowest BCUT2D eigenvalue weighted by molar-refractivity contribution is 0.218. The maximum absolute atomic E-state index is 10.4. The van der Waals surface area contributed by atoms with Crippen molar-refractivity contribution in [3.63, 3.8) is 0 Å². The number of aromatic nitrogens is 1. The van der Waals surface area contributed by atoms with E-state index in [1.54, 1.807) is 19.5 Å². The molecule has 1 aromatic carbocycles. The molecule has 1 aromatic heterocycles. The third-order valence-corrected chi connectivity index (χ3v) is 2.95. The first-order chi connectivity index (χ1) is 9.74. The Kier molecular flexibility index (Phi) is 4.96. The summed E-state index contributed by atoms with van der Waals surface area (Å²) in [5.74, 6) is 1.44. The van der Waals surface area contributed by atoms with Gasteiger partial charge in [0.15, 0.2) is 0 Å². The summed E-state index contributed by atoms with van der Waals surface area (Å²) in [4.78, 5) is 4.11. The molecule has 2 aromatic rings. The Morgan fingerprint density at radius 3 is 2.50 bits per heavy atom. The van der Waals surface area contributed by atoms with Crippen molar-refractivity contribution < 1.29 is 14.6 Å². The number of ether oxygens (including phenoxy) is 2.